The third-order valence-corrected chi connectivity index (χ3v) is 5.44. The van der Waals surface area contributed by atoms with E-state index in [-0.39, 0.29) is 0 Å². The predicted molar refractivity (Wildman–Crippen MR) is 88.1 cm³/mol. The molecule has 1 aromatic heterocycles. The Hall–Kier alpha value is -1.32. The number of benzene rings is 1. The second-order valence-electron chi connectivity index (χ2n) is 6.22. The van der Waals surface area contributed by atoms with Crippen molar-refractivity contribution in [3.8, 4) is 0 Å². The van der Waals surface area contributed by atoms with Crippen LogP contribution in [0.5, 0.6) is 0 Å². The zero-order valence-corrected chi connectivity index (χ0v) is 13.0. The predicted octanol–water partition coefficient (Wildman–Crippen LogP) is 3.61. The van der Waals surface area contributed by atoms with Crippen LogP contribution in [0.2, 0.25) is 5.02 Å². The summed E-state index contributed by atoms with van der Waals surface area (Å²) in [5, 5.41) is 5.31. The molecule has 2 atom stereocenters. The lowest BCUT2D eigenvalue weighted by molar-refractivity contribution is 0.374. The molecule has 1 aromatic carbocycles. The Bertz CT molecular complexity index is 658. The number of aromatic nitrogens is 1. The van der Waals surface area contributed by atoms with E-state index in [0.717, 1.165) is 15.9 Å². The second-order valence-corrected chi connectivity index (χ2v) is 6.62. The first-order valence-electron chi connectivity index (χ1n) is 7.76. The molecule has 0 radical (unpaired) electrons. The minimum atomic E-state index is 0.632. The van der Waals surface area contributed by atoms with Crippen LogP contribution in [-0.4, -0.2) is 30.2 Å². The van der Waals surface area contributed by atoms with Gasteiger partial charge in [0.15, 0.2) is 0 Å². The van der Waals surface area contributed by atoms with Crippen molar-refractivity contribution in [3.63, 3.8) is 0 Å². The monoisotopic (exact) mass is 301 g/mol. The fourth-order valence-electron chi connectivity index (χ4n) is 4.14. The lowest BCUT2D eigenvalue weighted by Gasteiger charge is -2.40. The van der Waals surface area contributed by atoms with Crippen molar-refractivity contribution < 1.29 is 0 Å². The first-order valence-corrected chi connectivity index (χ1v) is 8.14. The summed E-state index contributed by atoms with van der Waals surface area (Å²) >= 11 is 6.33. The molecule has 21 heavy (non-hydrogen) atoms. The first-order chi connectivity index (χ1) is 10.3. The number of nitrogens with zero attached hydrogens (tertiary/aromatic N) is 2. The molecule has 3 heterocycles. The summed E-state index contributed by atoms with van der Waals surface area (Å²) in [6.07, 6.45) is 6.90. The van der Waals surface area contributed by atoms with Gasteiger partial charge in [0, 0.05) is 29.7 Å². The number of piperidine rings is 1. The highest BCUT2D eigenvalue weighted by molar-refractivity contribution is 6.35. The van der Waals surface area contributed by atoms with Gasteiger partial charge in [0.2, 0.25) is 0 Å². The van der Waals surface area contributed by atoms with Crippen molar-refractivity contribution in [3.05, 3.63) is 35.5 Å². The summed E-state index contributed by atoms with van der Waals surface area (Å²) in [4.78, 5) is 7.22. The van der Waals surface area contributed by atoms with Crippen molar-refractivity contribution >= 4 is 28.2 Å². The third kappa shape index (κ3) is 2.11. The van der Waals surface area contributed by atoms with E-state index in [4.69, 9.17) is 11.6 Å². The second kappa shape index (κ2) is 5.15. The minimum Gasteiger partial charge on any atom is -0.364 e. The van der Waals surface area contributed by atoms with Gasteiger partial charge in [-0.1, -0.05) is 11.6 Å². The zero-order valence-electron chi connectivity index (χ0n) is 12.2. The Morgan fingerprint density at radius 2 is 1.95 bits per heavy atom. The molecule has 0 spiro atoms. The van der Waals surface area contributed by atoms with Gasteiger partial charge in [-0.15, -0.1) is 0 Å². The minimum absolute atomic E-state index is 0.632. The van der Waals surface area contributed by atoms with Crippen LogP contribution in [0.15, 0.2) is 30.5 Å². The highest BCUT2D eigenvalue weighted by Gasteiger charge is 2.41. The topological polar surface area (TPSA) is 28.2 Å². The standard InChI is InChI=1S/C17H20ClN3/c1-19-11-9-12-4-5-13(10-11)21(12)16-7-6-15(18)14-3-2-8-20-17(14)16/h2-3,6-8,11-13,19H,4-5,9-10H2,1H3. The summed E-state index contributed by atoms with van der Waals surface area (Å²) in [5.74, 6) is 0. The van der Waals surface area contributed by atoms with Gasteiger partial charge in [-0.25, -0.2) is 0 Å². The smallest absolute Gasteiger partial charge is 0.0950 e. The number of rotatable bonds is 2. The zero-order chi connectivity index (χ0) is 14.4. The molecule has 2 fully saturated rings. The van der Waals surface area contributed by atoms with Gasteiger partial charge in [0.05, 0.1) is 16.2 Å². The van der Waals surface area contributed by atoms with Crippen LogP contribution in [0.1, 0.15) is 25.7 Å². The summed E-state index contributed by atoms with van der Waals surface area (Å²) in [7, 11) is 2.08. The molecule has 0 amide bonds. The summed E-state index contributed by atoms with van der Waals surface area (Å²) in [5.41, 5.74) is 2.31. The van der Waals surface area contributed by atoms with Gasteiger partial charge in [-0.2, -0.15) is 0 Å². The molecule has 2 saturated heterocycles. The molecule has 1 N–H and O–H groups in total. The molecule has 2 aliphatic rings. The third-order valence-electron chi connectivity index (χ3n) is 5.11. The normalized spacial score (nSPS) is 28.3. The maximum absolute atomic E-state index is 6.33. The van der Waals surface area contributed by atoms with E-state index in [0.29, 0.717) is 18.1 Å². The molecule has 2 aliphatic heterocycles. The number of hydrogen-bond donors (Lipinski definition) is 1. The molecule has 2 bridgehead atoms. The van der Waals surface area contributed by atoms with E-state index in [1.807, 2.05) is 18.3 Å². The lowest BCUT2D eigenvalue weighted by atomic mass is 9.96. The van der Waals surface area contributed by atoms with Crippen molar-refractivity contribution in [2.24, 2.45) is 0 Å². The maximum atomic E-state index is 6.33. The van der Waals surface area contributed by atoms with Crippen LogP contribution in [-0.2, 0) is 0 Å². The first kappa shape index (κ1) is 13.4. The fraction of sp³-hybridized carbons (Fsp3) is 0.471. The van der Waals surface area contributed by atoms with Gasteiger partial charge < -0.3 is 10.2 Å². The number of halogens is 1. The number of fused-ring (bicyclic) bond motifs is 3. The molecule has 3 nitrogen and oxygen atoms in total. The Kier molecular flexibility index (Phi) is 3.27. The molecule has 110 valence electrons. The van der Waals surface area contributed by atoms with E-state index >= 15 is 0 Å². The van der Waals surface area contributed by atoms with Gasteiger partial charge in [-0.05, 0) is 57.0 Å². The average molecular weight is 302 g/mol. The van der Waals surface area contributed by atoms with E-state index in [1.165, 1.54) is 31.4 Å². The van der Waals surface area contributed by atoms with Crippen molar-refractivity contribution in [2.75, 3.05) is 11.9 Å². The van der Waals surface area contributed by atoms with Gasteiger partial charge >= 0.3 is 0 Å². The van der Waals surface area contributed by atoms with Crippen molar-refractivity contribution in [2.45, 2.75) is 43.8 Å². The molecule has 0 aliphatic carbocycles. The van der Waals surface area contributed by atoms with Crippen LogP contribution < -0.4 is 10.2 Å². The molecule has 4 rings (SSSR count). The van der Waals surface area contributed by atoms with Gasteiger partial charge in [0.25, 0.3) is 0 Å². The molecule has 4 heteroatoms. The SMILES string of the molecule is CNC1CC2CCC(C1)N2c1ccc(Cl)c2cccnc12. The summed E-state index contributed by atoms with van der Waals surface area (Å²) in [6, 6.07) is 10.1. The van der Waals surface area contributed by atoms with E-state index in [9.17, 15) is 0 Å². The quantitative estimate of drug-likeness (QED) is 0.918. The van der Waals surface area contributed by atoms with E-state index < -0.39 is 0 Å². The fourth-order valence-corrected chi connectivity index (χ4v) is 4.35. The van der Waals surface area contributed by atoms with Crippen LogP contribution in [0.25, 0.3) is 10.9 Å². The van der Waals surface area contributed by atoms with Crippen LogP contribution in [0.3, 0.4) is 0 Å². The highest BCUT2D eigenvalue weighted by atomic mass is 35.5. The van der Waals surface area contributed by atoms with E-state index in [2.05, 4.69) is 34.4 Å². The summed E-state index contributed by atoms with van der Waals surface area (Å²) in [6.45, 7) is 0. The maximum Gasteiger partial charge on any atom is 0.0950 e. The molecular weight excluding hydrogens is 282 g/mol. The largest absolute Gasteiger partial charge is 0.364 e. The van der Waals surface area contributed by atoms with Crippen LogP contribution >= 0.6 is 11.6 Å². The molecule has 2 unspecified atom stereocenters. The van der Waals surface area contributed by atoms with Gasteiger partial charge in [-0.3, -0.25) is 4.98 Å². The van der Waals surface area contributed by atoms with Crippen LogP contribution in [0.4, 0.5) is 5.69 Å². The highest BCUT2D eigenvalue weighted by Crippen LogP contribution is 2.42. The number of hydrogen-bond acceptors (Lipinski definition) is 3. The number of nitrogens with one attached hydrogen (secondary N) is 1. The Morgan fingerprint density at radius 1 is 1.19 bits per heavy atom. The lowest BCUT2D eigenvalue weighted by Crippen LogP contribution is -2.48. The Morgan fingerprint density at radius 3 is 2.67 bits per heavy atom. The average Bonchev–Trinajstić information content (AvgIpc) is 2.78. The van der Waals surface area contributed by atoms with Crippen molar-refractivity contribution in [1.29, 1.82) is 0 Å². The van der Waals surface area contributed by atoms with Gasteiger partial charge in [0.1, 0.15) is 0 Å². The number of anilines is 1. The Balaban J connectivity index is 1.80. The summed E-state index contributed by atoms with van der Waals surface area (Å²) < 4.78 is 0. The van der Waals surface area contributed by atoms with Crippen LogP contribution in [0, 0.1) is 0 Å². The molecule has 2 aromatic rings. The van der Waals surface area contributed by atoms with E-state index in [1.54, 1.807) is 0 Å². The van der Waals surface area contributed by atoms with Crippen molar-refractivity contribution in [1.82, 2.24) is 10.3 Å². The number of pyridine rings is 1. The Labute approximate surface area is 130 Å². The molecular formula is C17H20ClN3. The molecule has 0 saturated carbocycles.